The van der Waals surface area contributed by atoms with E-state index in [0.717, 1.165) is 27.7 Å². The van der Waals surface area contributed by atoms with Gasteiger partial charge in [-0.25, -0.2) is 0 Å². The van der Waals surface area contributed by atoms with Crippen molar-refractivity contribution in [1.82, 2.24) is 15.0 Å². The van der Waals surface area contributed by atoms with Gasteiger partial charge in [-0.3, -0.25) is 4.79 Å². The van der Waals surface area contributed by atoms with Crippen LogP contribution in [0.1, 0.15) is 41.3 Å². The smallest absolute Gasteiger partial charge is 0.259 e. The molecule has 1 heterocycles. The fraction of sp³-hybridized carbons (Fsp3) is 0.240. The Morgan fingerprint density at radius 3 is 2.42 bits per heavy atom. The Labute approximate surface area is 209 Å². The summed E-state index contributed by atoms with van der Waals surface area (Å²) in [5.41, 5.74) is 5.67. The first-order chi connectivity index (χ1) is 15.9. The van der Waals surface area contributed by atoms with Crippen LogP contribution >= 0.6 is 31.9 Å². The van der Waals surface area contributed by atoms with E-state index in [-0.39, 0.29) is 5.91 Å². The molecule has 4 aromatic rings. The van der Waals surface area contributed by atoms with Gasteiger partial charge in [0.05, 0.1) is 22.8 Å². The summed E-state index contributed by atoms with van der Waals surface area (Å²) in [4.78, 5) is 14.7. The molecule has 0 saturated heterocycles. The Hall–Kier alpha value is -2.71. The second kappa shape index (κ2) is 10.1. The molecule has 1 amide bonds. The molecule has 0 fully saturated rings. The van der Waals surface area contributed by atoms with Crippen molar-refractivity contribution in [2.45, 2.75) is 33.1 Å². The molecule has 3 aromatic carbocycles. The van der Waals surface area contributed by atoms with Crippen molar-refractivity contribution in [2.24, 2.45) is 0 Å². The first kappa shape index (κ1) is 23.4. The standard InChI is InChI=1S/C25H24Br2N4O2/c1-4-5-6-16-7-9-18(10-8-16)31-29-22-11-15(2)21(14-23(22)30-31)28-25(32)19-12-17(26)13-20(27)24(19)33-3/h7-14H,4-6H2,1-3H3,(H,28,32). The lowest BCUT2D eigenvalue weighted by Crippen LogP contribution is -2.14. The maximum Gasteiger partial charge on any atom is 0.259 e. The van der Waals surface area contributed by atoms with Gasteiger partial charge in [-0.1, -0.05) is 41.4 Å². The zero-order valence-electron chi connectivity index (χ0n) is 18.7. The van der Waals surface area contributed by atoms with Crippen molar-refractivity contribution in [3.63, 3.8) is 0 Å². The molecule has 33 heavy (non-hydrogen) atoms. The monoisotopic (exact) mass is 570 g/mol. The van der Waals surface area contributed by atoms with E-state index in [1.54, 1.807) is 10.9 Å². The molecule has 1 N–H and O–H groups in total. The topological polar surface area (TPSA) is 69.0 Å². The molecule has 0 aliphatic heterocycles. The summed E-state index contributed by atoms with van der Waals surface area (Å²) in [7, 11) is 1.54. The van der Waals surface area contributed by atoms with Crippen LogP contribution in [0.15, 0.2) is 57.5 Å². The molecule has 0 unspecified atom stereocenters. The lowest BCUT2D eigenvalue weighted by molar-refractivity contribution is 0.102. The highest BCUT2D eigenvalue weighted by molar-refractivity contribution is 9.11. The van der Waals surface area contributed by atoms with Crippen LogP contribution in [0.25, 0.3) is 16.7 Å². The molecule has 0 atom stereocenters. The number of hydrogen-bond donors (Lipinski definition) is 1. The van der Waals surface area contributed by atoms with Gasteiger partial charge >= 0.3 is 0 Å². The maximum atomic E-state index is 13.0. The van der Waals surface area contributed by atoms with E-state index >= 15 is 0 Å². The first-order valence-electron chi connectivity index (χ1n) is 10.7. The van der Waals surface area contributed by atoms with E-state index in [1.165, 1.54) is 25.5 Å². The van der Waals surface area contributed by atoms with Gasteiger partial charge in [0.15, 0.2) is 0 Å². The van der Waals surface area contributed by atoms with Crippen molar-refractivity contribution < 1.29 is 9.53 Å². The molecule has 0 bridgehead atoms. The molecule has 0 spiro atoms. The molecule has 6 nitrogen and oxygen atoms in total. The van der Waals surface area contributed by atoms with Crippen molar-refractivity contribution in [1.29, 1.82) is 0 Å². The zero-order chi connectivity index (χ0) is 23.5. The number of rotatable bonds is 7. The highest BCUT2D eigenvalue weighted by Crippen LogP contribution is 2.33. The number of aryl methyl sites for hydroxylation is 2. The van der Waals surface area contributed by atoms with Gasteiger partial charge in [0.25, 0.3) is 5.91 Å². The largest absolute Gasteiger partial charge is 0.495 e. The summed E-state index contributed by atoms with van der Waals surface area (Å²) >= 11 is 6.88. The predicted molar refractivity (Wildman–Crippen MR) is 139 cm³/mol. The number of amides is 1. The predicted octanol–water partition coefficient (Wildman–Crippen LogP) is 6.86. The van der Waals surface area contributed by atoms with Gasteiger partial charge in [-0.15, -0.1) is 10.2 Å². The Bertz CT molecular complexity index is 1320. The average molecular weight is 572 g/mol. The number of methoxy groups -OCH3 is 1. The minimum absolute atomic E-state index is 0.272. The van der Waals surface area contributed by atoms with Gasteiger partial charge < -0.3 is 10.1 Å². The van der Waals surface area contributed by atoms with Gasteiger partial charge in [0.2, 0.25) is 0 Å². The molecule has 1 aromatic heterocycles. The third-order valence-electron chi connectivity index (χ3n) is 5.42. The van der Waals surface area contributed by atoms with E-state index in [1.807, 2.05) is 37.3 Å². The number of unbranched alkanes of at least 4 members (excludes halogenated alkanes) is 1. The van der Waals surface area contributed by atoms with Crippen molar-refractivity contribution in [2.75, 3.05) is 12.4 Å². The van der Waals surface area contributed by atoms with Crippen molar-refractivity contribution in [3.05, 3.63) is 74.2 Å². The highest BCUT2D eigenvalue weighted by Gasteiger charge is 2.18. The number of nitrogens with zero attached hydrogens (tertiary/aromatic N) is 3. The summed E-state index contributed by atoms with van der Waals surface area (Å²) in [5, 5.41) is 12.2. The number of benzene rings is 3. The molecule has 0 radical (unpaired) electrons. The number of carbonyl (C=O) groups is 1. The first-order valence-corrected chi connectivity index (χ1v) is 12.3. The van der Waals surface area contributed by atoms with E-state index in [4.69, 9.17) is 4.74 Å². The van der Waals surface area contributed by atoms with Crippen LogP contribution in [0.3, 0.4) is 0 Å². The van der Waals surface area contributed by atoms with Crippen LogP contribution in [0.2, 0.25) is 0 Å². The van der Waals surface area contributed by atoms with Crippen molar-refractivity contribution >= 4 is 54.5 Å². The number of halogens is 2. The zero-order valence-corrected chi connectivity index (χ0v) is 21.8. The molecule has 8 heteroatoms. The second-order valence-corrected chi connectivity index (χ2v) is 9.61. The lowest BCUT2D eigenvalue weighted by Gasteiger charge is -2.13. The van der Waals surface area contributed by atoms with Crippen LogP contribution in [-0.4, -0.2) is 28.0 Å². The van der Waals surface area contributed by atoms with E-state index < -0.39 is 0 Å². The number of ether oxygens (including phenoxy) is 1. The summed E-state index contributed by atoms with van der Waals surface area (Å²) in [6.07, 6.45) is 3.43. The molecule has 0 aliphatic rings. The van der Waals surface area contributed by atoms with Gasteiger partial charge in [0.1, 0.15) is 16.8 Å². The third-order valence-corrected chi connectivity index (χ3v) is 6.46. The lowest BCUT2D eigenvalue weighted by atomic mass is 10.1. The fourth-order valence-electron chi connectivity index (χ4n) is 3.62. The Morgan fingerprint density at radius 2 is 1.76 bits per heavy atom. The van der Waals surface area contributed by atoms with Crippen LogP contribution in [0.4, 0.5) is 5.69 Å². The quantitative estimate of drug-likeness (QED) is 0.263. The average Bonchev–Trinajstić information content (AvgIpc) is 3.20. The Kier molecular flexibility index (Phi) is 7.14. The summed E-state index contributed by atoms with van der Waals surface area (Å²) in [6, 6.07) is 15.7. The molecule has 4 rings (SSSR count). The van der Waals surface area contributed by atoms with Crippen LogP contribution in [0.5, 0.6) is 5.75 Å². The summed E-state index contributed by atoms with van der Waals surface area (Å²) < 4.78 is 6.89. The molecule has 170 valence electrons. The summed E-state index contributed by atoms with van der Waals surface area (Å²) in [5.74, 6) is 0.203. The van der Waals surface area contributed by atoms with Gasteiger partial charge in [0, 0.05) is 10.2 Å². The molecular formula is C25H24Br2N4O2. The number of nitrogens with one attached hydrogen (secondary N) is 1. The summed E-state index contributed by atoms with van der Waals surface area (Å²) in [6.45, 7) is 4.13. The third kappa shape index (κ3) is 5.12. The second-order valence-electron chi connectivity index (χ2n) is 7.84. The van der Waals surface area contributed by atoms with Crippen molar-refractivity contribution in [3.8, 4) is 11.4 Å². The molecule has 0 aliphatic carbocycles. The Morgan fingerprint density at radius 1 is 1.06 bits per heavy atom. The maximum absolute atomic E-state index is 13.0. The number of hydrogen-bond acceptors (Lipinski definition) is 4. The van der Waals surface area contributed by atoms with E-state index in [2.05, 4.69) is 66.4 Å². The highest BCUT2D eigenvalue weighted by atomic mass is 79.9. The number of carbonyl (C=O) groups excluding carboxylic acids is 1. The van der Waals surface area contributed by atoms with Crippen LogP contribution in [-0.2, 0) is 6.42 Å². The van der Waals surface area contributed by atoms with Crippen LogP contribution in [0, 0.1) is 6.92 Å². The van der Waals surface area contributed by atoms with Crippen LogP contribution < -0.4 is 10.1 Å². The molecular weight excluding hydrogens is 548 g/mol. The number of aromatic nitrogens is 3. The normalized spacial score (nSPS) is 11.1. The number of anilines is 1. The minimum atomic E-state index is -0.272. The number of fused-ring (bicyclic) bond motifs is 1. The van der Waals surface area contributed by atoms with E-state index in [0.29, 0.717) is 27.0 Å². The molecule has 0 saturated carbocycles. The van der Waals surface area contributed by atoms with Gasteiger partial charge in [-0.05, 0) is 83.2 Å². The van der Waals surface area contributed by atoms with E-state index in [9.17, 15) is 4.79 Å². The Balaban J connectivity index is 1.62. The minimum Gasteiger partial charge on any atom is -0.495 e. The fourth-order valence-corrected chi connectivity index (χ4v) is 5.01. The van der Waals surface area contributed by atoms with Gasteiger partial charge in [-0.2, -0.15) is 4.80 Å². The SMILES string of the molecule is CCCCc1ccc(-n2nc3cc(C)c(NC(=O)c4cc(Br)cc(Br)c4OC)cc3n2)cc1.